The van der Waals surface area contributed by atoms with Crippen molar-refractivity contribution in [2.75, 3.05) is 0 Å². The summed E-state index contributed by atoms with van der Waals surface area (Å²) < 4.78 is 11.0. The van der Waals surface area contributed by atoms with Gasteiger partial charge in [0.05, 0.1) is 16.7 Å². The van der Waals surface area contributed by atoms with E-state index >= 15 is 0 Å². The highest BCUT2D eigenvalue weighted by atomic mass is 35.5. The van der Waals surface area contributed by atoms with Crippen LogP contribution in [0.25, 0.3) is 17.4 Å². The molecule has 2 aromatic rings. The second kappa shape index (κ2) is 8.39. The summed E-state index contributed by atoms with van der Waals surface area (Å²) in [6.45, 7) is 5.01. The van der Waals surface area contributed by atoms with E-state index in [1.807, 2.05) is 0 Å². The minimum Gasteiger partial charge on any atom is -0.459 e. The molecule has 0 saturated heterocycles. The van der Waals surface area contributed by atoms with Crippen LogP contribution in [0.15, 0.2) is 51.5 Å². The van der Waals surface area contributed by atoms with E-state index in [1.54, 1.807) is 50.2 Å². The van der Waals surface area contributed by atoms with Crippen LogP contribution < -0.4 is 5.32 Å². The summed E-state index contributed by atoms with van der Waals surface area (Å²) in [7, 11) is 0. The number of benzene rings is 1. The molecule has 2 amide bonds. The molecule has 1 aliphatic rings. The summed E-state index contributed by atoms with van der Waals surface area (Å²) in [6.07, 6.45) is 1.16. The van der Waals surface area contributed by atoms with Crippen molar-refractivity contribution in [1.82, 2.24) is 5.32 Å². The first-order chi connectivity index (χ1) is 14.2. The lowest BCUT2D eigenvalue weighted by Gasteiger charge is -2.15. The molecule has 1 aliphatic heterocycles. The standard InChI is InChI=1S/C22H17ClN2O5/c1-11(2)29-22(28)16-8-13(4-6-18(16)23)19-7-5-14(30-19)9-15-12(3)17(10-24)21(27)25-20(15)26/h4-9,11H,1-3H3,(H,25,26,27)/b15-9-. The van der Waals surface area contributed by atoms with Crippen molar-refractivity contribution in [3.8, 4) is 17.4 Å². The monoisotopic (exact) mass is 424 g/mol. The van der Waals surface area contributed by atoms with Crippen molar-refractivity contribution in [2.24, 2.45) is 0 Å². The maximum Gasteiger partial charge on any atom is 0.339 e. The van der Waals surface area contributed by atoms with Gasteiger partial charge < -0.3 is 9.15 Å². The Morgan fingerprint density at radius 1 is 1.23 bits per heavy atom. The largest absolute Gasteiger partial charge is 0.459 e. The first-order valence-electron chi connectivity index (χ1n) is 9.00. The normalized spacial score (nSPS) is 15.4. The van der Waals surface area contributed by atoms with Gasteiger partial charge in [-0.1, -0.05) is 11.6 Å². The third-order valence-electron chi connectivity index (χ3n) is 4.32. The van der Waals surface area contributed by atoms with Crippen molar-refractivity contribution in [2.45, 2.75) is 26.9 Å². The summed E-state index contributed by atoms with van der Waals surface area (Å²) >= 11 is 6.12. The van der Waals surface area contributed by atoms with Gasteiger partial charge in [0.1, 0.15) is 23.2 Å². The molecule has 7 nitrogen and oxygen atoms in total. The number of rotatable bonds is 4. The molecular formula is C22H17ClN2O5. The number of ether oxygens (including phenoxy) is 1. The minimum atomic E-state index is -0.723. The molecule has 0 unspecified atom stereocenters. The quantitative estimate of drug-likeness (QED) is 0.450. The lowest BCUT2D eigenvalue weighted by atomic mass is 9.96. The van der Waals surface area contributed by atoms with Crippen molar-refractivity contribution < 1.29 is 23.5 Å². The van der Waals surface area contributed by atoms with Crippen molar-refractivity contribution >= 4 is 35.5 Å². The van der Waals surface area contributed by atoms with Gasteiger partial charge in [0.15, 0.2) is 0 Å². The number of nitriles is 1. The zero-order chi connectivity index (χ0) is 22.0. The molecule has 1 aromatic heterocycles. The van der Waals surface area contributed by atoms with Crippen LogP contribution in [0.5, 0.6) is 0 Å². The highest BCUT2D eigenvalue weighted by Gasteiger charge is 2.27. The van der Waals surface area contributed by atoms with Gasteiger partial charge in [-0.15, -0.1) is 0 Å². The van der Waals surface area contributed by atoms with Crippen LogP contribution >= 0.6 is 11.6 Å². The predicted octanol–water partition coefficient (Wildman–Crippen LogP) is 4.05. The zero-order valence-electron chi connectivity index (χ0n) is 16.4. The number of carbonyl (C=O) groups is 3. The molecule has 30 heavy (non-hydrogen) atoms. The van der Waals surface area contributed by atoms with Gasteiger partial charge in [-0.25, -0.2) is 4.79 Å². The topological polar surface area (TPSA) is 109 Å². The molecule has 0 saturated carbocycles. The average molecular weight is 425 g/mol. The Labute approximate surface area is 177 Å². The first-order valence-corrected chi connectivity index (χ1v) is 9.38. The lowest BCUT2D eigenvalue weighted by Crippen LogP contribution is -2.37. The SMILES string of the molecule is CC1=C(C#N)C(=O)NC(=O)/C1=C\c1ccc(-c2ccc(Cl)c(C(=O)OC(C)C)c2)o1. The van der Waals surface area contributed by atoms with Crippen molar-refractivity contribution in [1.29, 1.82) is 5.26 Å². The van der Waals surface area contributed by atoms with Crippen LogP contribution in [0.2, 0.25) is 5.02 Å². The maximum atomic E-state index is 12.2. The smallest absolute Gasteiger partial charge is 0.339 e. The van der Waals surface area contributed by atoms with Gasteiger partial charge in [-0.05, 0) is 62.8 Å². The van der Waals surface area contributed by atoms with Crippen LogP contribution in [0.4, 0.5) is 0 Å². The summed E-state index contributed by atoms with van der Waals surface area (Å²) in [5.41, 5.74) is 1.10. The van der Waals surface area contributed by atoms with Crippen LogP contribution in [0, 0.1) is 11.3 Å². The molecule has 1 N–H and O–H groups in total. The average Bonchev–Trinajstić information content (AvgIpc) is 3.14. The van der Waals surface area contributed by atoms with E-state index in [-0.39, 0.29) is 33.4 Å². The number of imide groups is 1. The number of carbonyl (C=O) groups excluding carboxylic acids is 3. The van der Waals surface area contributed by atoms with Crippen molar-refractivity contribution in [3.05, 3.63) is 63.4 Å². The summed E-state index contributed by atoms with van der Waals surface area (Å²) in [4.78, 5) is 36.1. The van der Waals surface area contributed by atoms with E-state index < -0.39 is 17.8 Å². The van der Waals surface area contributed by atoms with E-state index in [0.29, 0.717) is 17.1 Å². The van der Waals surface area contributed by atoms with E-state index in [2.05, 4.69) is 5.32 Å². The molecule has 0 bridgehead atoms. The Bertz CT molecular complexity index is 1160. The molecule has 0 radical (unpaired) electrons. The second-order valence-electron chi connectivity index (χ2n) is 6.80. The molecule has 3 rings (SSSR count). The molecule has 0 spiro atoms. The molecule has 0 fully saturated rings. The molecule has 1 aromatic carbocycles. The second-order valence-corrected chi connectivity index (χ2v) is 7.21. The van der Waals surface area contributed by atoms with Crippen LogP contribution in [-0.2, 0) is 14.3 Å². The number of nitrogens with one attached hydrogen (secondary N) is 1. The van der Waals surface area contributed by atoms with Gasteiger partial charge in [0, 0.05) is 11.1 Å². The highest BCUT2D eigenvalue weighted by molar-refractivity contribution is 6.33. The van der Waals surface area contributed by atoms with Crippen LogP contribution in [0.3, 0.4) is 0 Å². The number of furan rings is 1. The third-order valence-corrected chi connectivity index (χ3v) is 4.65. The summed E-state index contributed by atoms with van der Waals surface area (Å²) in [5, 5.41) is 11.5. The van der Waals surface area contributed by atoms with E-state index in [1.165, 1.54) is 13.0 Å². The highest BCUT2D eigenvalue weighted by Crippen LogP contribution is 2.29. The fourth-order valence-corrected chi connectivity index (χ4v) is 3.05. The molecule has 0 aliphatic carbocycles. The fraction of sp³-hybridized carbons (Fsp3) is 0.182. The molecule has 152 valence electrons. The van der Waals surface area contributed by atoms with Crippen LogP contribution in [0.1, 0.15) is 36.9 Å². The van der Waals surface area contributed by atoms with E-state index in [0.717, 1.165) is 0 Å². The Balaban J connectivity index is 1.96. The molecule has 2 heterocycles. The minimum absolute atomic E-state index is 0.126. The predicted molar refractivity (Wildman–Crippen MR) is 109 cm³/mol. The van der Waals surface area contributed by atoms with Gasteiger partial charge in [0.2, 0.25) is 0 Å². The van der Waals surface area contributed by atoms with Gasteiger partial charge >= 0.3 is 5.97 Å². The number of hydrogen-bond donors (Lipinski definition) is 1. The Kier molecular flexibility index (Phi) is 5.90. The van der Waals surface area contributed by atoms with Gasteiger partial charge in [-0.2, -0.15) is 5.26 Å². The van der Waals surface area contributed by atoms with E-state index in [9.17, 15) is 14.4 Å². The molecular weight excluding hydrogens is 408 g/mol. The number of hydrogen-bond acceptors (Lipinski definition) is 6. The molecule has 8 heteroatoms. The van der Waals surface area contributed by atoms with Gasteiger partial charge in [0.25, 0.3) is 11.8 Å². The Morgan fingerprint density at radius 2 is 1.97 bits per heavy atom. The molecule has 0 atom stereocenters. The lowest BCUT2D eigenvalue weighted by molar-refractivity contribution is -0.126. The summed E-state index contributed by atoms with van der Waals surface area (Å²) in [6, 6.07) is 9.92. The van der Waals surface area contributed by atoms with E-state index in [4.69, 9.17) is 26.0 Å². The third kappa shape index (κ3) is 4.19. The fourth-order valence-electron chi connectivity index (χ4n) is 2.86. The van der Waals surface area contributed by atoms with Crippen molar-refractivity contribution in [3.63, 3.8) is 0 Å². The van der Waals surface area contributed by atoms with Gasteiger partial charge in [-0.3, -0.25) is 14.9 Å². The Hall–Kier alpha value is -3.63. The number of amides is 2. The number of nitrogens with zero attached hydrogens (tertiary/aromatic N) is 1. The maximum absolute atomic E-state index is 12.2. The summed E-state index contributed by atoms with van der Waals surface area (Å²) in [5.74, 6) is -1.10. The number of halogens is 1. The number of esters is 1. The zero-order valence-corrected chi connectivity index (χ0v) is 17.2. The Morgan fingerprint density at radius 3 is 2.63 bits per heavy atom. The van der Waals surface area contributed by atoms with Crippen LogP contribution in [-0.4, -0.2) is 23.9 Å². The first kappa shape index (κ1) is 21.1.